The molecule has 0 unspecified atom stereocenters. The van der Waals surface area contributed by atoms with Crippen molar-refractivity contribution in [3.8, 4) is 5.69 Å². The molecule has 1 aromatic heterocycles. The van der Waals surface area contributed by atoms with Crippen LogP contribution in [-0.2, 0) is 22.6 Å². The van der Waals surface area contributed by atoms with Crippen LogP contribution in [0, 0.1) is 0 Å². The molecule has 0 radical (unpaired) electrons. The fourth-order valence-electron chi connectivity index (χ4n) is 2.97. The maximum atomic E-state index is 12.3. The van der Waals surface area contributed by atoms with Crippen LogP contribution in [0.15, 0.2) is 54.7 Å². The lowest BCUT2D eigenvalue weighted by molar-refractivity contribution is -0.116. The van der Waals surface area contributed by atoms with Crippen molar-refractivity contribution in [2.24, 2.45) is 0 Å². The third kappa shape index (κ3) is 5.99. The molecule has 0 aliphatic rings. The monoisotopic (exact) mass is 392 g/mol. The molecule has 1 amide bonds. The van der Waals surface area contributed by atoms with Gasteiger partial charge in [-0.25, -0.2) is 4.68 Å². The number of benzene rings is 2. The first-order valence-electron chi connectivity index (χ1n) is 10.0. The smallest absolute Gasteiger partial charge is 0.224 e. The highest BCUT2D eigenvalue weighted by Gasteiger charge is 2.07. The van der Waals surface area contributed by atoms with Crippen molar-refractivity contribution in [2.75, 3.05) is 11.9 Å². The molecule has 0 aliphatic heterocycles. The minimum Gasteiger partial charge on any atom is -0.375 e. The van der Waals surface area contributed by atoms with E-state index in [2.05, 4.69) is 35.5 Å². The van der Waals surface area contributed by atoms with Gasteiger partial charge in [-0.2, -0.15) is 0 Å². The van der Waals surface area contributed by atoms with E-state index in [1.54, 1.807) is 4.68 Å². The highest BCUT2D eigenvalue weighted by Crippen LogP contribution is 2.19. The van der Waals surface area contributed by atoms with Crippen molar-refractivity contribution in [3.63, 3.8) is 0 Å². The van der Waals surface area contributed by atoms with Gasteiger partial charge in [0.2, 0.25) is 5.91 Å². The molecule has 0 saturated heterocycles. The molecule has 1 N–H and O–H groups in total. The zero-order valence-electron chi connectivity index (χ0n) is 17.3. The number of nitrogens with one attached hydrogen (secondary N) is 1. The average molecular weight is 393 g/mol. The lowest BCUT2D eigenvalue weighted by Gasteiger charge is -2.10. The summed E-state index contributed by atoms with van der Waals surface area (Å²) in [6, 6.07) is 16.0. The van der Waals surface area contributed by atoms with Gasteiger partial charge in [-0.15, -0.1) is 5.10 Å². The second-order valence-corrected chi connectivity index (χ2v) is 7.29. The zero-order chi connectivity index (χ0) is 20.6. The van der Waals surface area contributed by atoms with Gasteiger partial charge < -0.3 is 10.1 Å². The van der Waals surface area contributed by atoms with E-state index in [1.807, 2.05) is 55.6 Å². The lowest BCUT2D eigenvalue weighted by Crippen LogP contribution is -2.12. The fraction of sp³-hybridized carbons (Fsp3) is 0.348. The number of ether oxygens (including phenoxy) is 1. The minimum absolute atomic E-state index is 0.0202. The van der Waals surface area contributed by atoms with Gasteiger partial charge in [0.05, 0.1) is 18.5 Å². The normalized spacial score (nSPS) is 11.0. The van der Waals surface area contributed by atoms with Crippen LogP contribution in [0.1, 0.15) is 49.9 Å². The fourth-order valence-corrected chi connectivity index (χ4v) is 2.97. The first kappa shape index (κ1) is 20.7. The van der Waals surface area contributed by atoms with Crippen molar-refractivity contribution in [1.29, 1.82) is 0 Å². The number of anilines is 1. The molecule has 1 heterocycles. The van der Waals surface area contributed by atoms with Gasteiger partial charge in [0.15, 0.2) is 0 Å². The standard InChI is InChI=1S/C23H28N4O2/c1-4-29-16-21-15-27(26-25-21)22-11-8-18(9-12-22)10-13-23(28)24-20-7-5-6-19(14-20)17(2)3/h5-9,11-12,14-15,17H,4,10,13,16H2,1-3H3,(H,24,28). The highest BCUT2D eigenvalue weighted by atomic mass is 16.5. The Labute approximate surface area is 171 Å². The van der Waals surface area contributed by atoms with E-state index in [-0.39, 0.29) is 5.91 Å². The van der Waals surface area contributed by atoms with Gasteiger partial charge in [0.1, 0.15) is 5.69 Å². The Kier molecular flexibility index (Phi) is 7.14. The Morgan fingerprint density at radius 3 is 2.69 bits per heavy atom. The summed E-state index contributed by atoms with van der Waals surface area (Å²) in [5, 5.41) is 11.2. The molecule has 0 saturated carbocycles. The molecule has 6 nitrogen and oxygen atoms in total. The van der Waals surface area contributed by atoms with Crippen molar-refractivity contribution in [1.82, 2.24) is 15.0 Å². The number of amides is 1. The molecule has 29 heavy (non-hydrogen) atoms. The summed E-state index contributed by atoms with van der Waals surface area (Å²) in [5.74, 6) is 0.456. The SMILES string of the molecule is CCOCc1cn(-c2ccc(CCC(=O)Nc3cccc(C(C)C)c3)cc2)nn1. The van der Waals surface area contributed by atoms with Gasteiger partial charge in [0.25, 0.3) is 0 Å². The number of rotatable bonds is 9. The summed E-state index contributed by atoms with van der Waals surface area (Å²) < 4.78 is 7.08. The number of carbonyl (C=O) groups is 1. The summed E-state index contributed by atoms with van der Waals surface area (Å²) in [6.07, 6.45) is 2.99. The summed E-state index contributed by atoms with van der Waals surface area (Å²) in [5.41, 5.74) is 4.91. The molecule has 0 bridgehead atoms. The van der Waals surface area contributed by atoms with Crippen molar-refractivity contribution < 1.29 is 9.53 Å². The maximum absolute atomic E-state index is 12.3. The second-order valence-electron chi connectivity index (χ2n) is 7.29. The highest BCUT2D eigenvalue weighted by molar-refractivity contribution is 5.90. The number of hydrogen-bond donors (Lipinski definition) is 1. The van der Waals surface area contributed by atoms with Crippen LogP contribution in [0.4, 0.5) is 5.69 Å². The molecule has 0 spiro atoms. The lowest BCUT2D eigenvalue weighted by atomic mass is 10.0. The van der Waals surface area contributed by atoms with Crippen LogP contribution in [0.3, 0.4) is 0 Å². The number of aryl methyl sites for hydroxylation is 1. The molecule has 0 fully saturated rings. The Bertz CT molecular complexity index is 932. The predicted molar refractivity (Wildman–Crippen MR) is 114 cm³/mol. The first-order valence-corrected chi connectivity index (χ1v) is 10.0. The average Bonchev–Trinajstić information content (AvgIpc) is 3.20. The summed E-state index contributed by atoms with van der Waals surface area (Å²) >= 11 is 0. The maximum Gasteiger partial charge on any atom is 0.224 e. The number of nitrogens with zero attached hydrogens (tertiary/aromatic N) is 3. The van der Waals surface area contributed by atoms with Crippen molar-refractivity contribution in [2.45, 2.75) is 46.1 Å². The molecule has 6 heteroatoms. The van der Waals surface area contributed by atoms with Crippen LogP contribution in [0.2, 0.25) is 0 Å². The predicted octanol–water partition coefficient (Wildman–Crippen LogP) is 4.50. The Morgan fingerprint density at radius 2 is 1.97 bits per heavy atom. The van der Waals surface area contributed by atoms with E-state index in [4.69, 9.17) is 4.74 Å². The largest absolute Gasteiger partial charge is 0.375 e. The molecular weight excluding hydrogens is 364 g/mol. The quantitative estimate of drug-likeness (QED) is 0.582. The van der Waals surface area contributed by atoms with Crippen LogP contribution >= 0.6 is 0 Å². The van der Waals surface area contributed by atoms with E-state index < -0.39 is 0 Å². The first-order chi connectivity index (χ1) is 14.0. The third-order valence-corrected chi connectivity index (χ3v) is 4.67. The summed E-state index contributed by atoms with van der Waals surface area (Å²) in [4.78, 5) is 12.3. The van der Waals surface area contributed by atoms with E-state index in [9.17, 15) is 4.79 Å². The second kappa shape index (κ2) is 9.98. The van der Waals surface area contributed by atoms with E-state index in [0.717, 1.165) is 22.6 Å². The van der Waals surface area contributed by atoms with Crippen molar-refractivity contribution in [3.05, 3.63) is 71.5 Å². The Balaban J connectivity index is 1.52. The Morgan fingerprint density at radius 1 is 1.17 bits per heavy atom. The van der Waals surface area contributed by atoms with Gasteiger partial charge >= 0.3 is 0 Å². The van der Waals surface area contributed by atoms with Gasteiger partial charge in [-0.3, -0.25) is 4.79 Å². The molecule has 3 rings (SSSR count). The van der Waals surface area contributed by atoms with E-state index in [0.29, 0.717) is 32.0 Å². The zero-order valence-corrected chi connectivity index (χ0v) is 17.3. The van der Waals surface area contributed by atoms with Crippen LogP contribution in [-0.4, -0.2) is 27.5 Å². The molecule has 0 aliphatic carbocycles. The van der Waals surface area contributed by atoms with Crippen LogP contribution in [0.5, 0.6) is 0 Å². The molecule has 3 aromatic rings. The van der Waals surface area contributed by atoms with Gasteiger partial charge in [-0.1, -0.05) is 43.3 Å². The number of hydrogen-bond acceptors (Lipinski definition) is 4. The summed E-state index contributed by atoms with van der Waals surface area (Å²) in [7, 11) is 0. The molecular formula is C23H28N4O2. The Hall–Kier alpha value is -2.99. The van der Waals surface area contributed by atoms with Gasteiger partial charge in [0, 0.05) is 18.7 Å². The van der Waals surface area contributed by atoms with Crippen LogP contribution in [0.25, 0.3) is 5.69 Å². The molecule has 0 atom stereocenters. The molecule has 2 aromatic carbocycles. The van der Waals surface area contributed by atoms with E-state index >= 15 is 0 Å². The third-order valence-electron chi connectivity index (χ3n) is 4.67. The van der Waals surface area contributed by atoms with Crippen molar-refractivity contribution >= 4 is 11.6 Å². The van der Waals surface area contributed by atoms with Crippen LogP contribution < -0.4 is 5.32 Å². The number of aromatic nitrogens is 3. The molecule has 152 valence electrons. The summed E-state index contributed by atoms with van der Waals surface area (Å²) in [6.45, 7) is 7.35. The number of carbonyl (C=O) groups excluding carboxylic acids is 1. The minimum atomic E-state index is 0.0202. The van der Waals surface area contributed by atoms with Gasteiger partial charge in [-0.05, 0) is 54.7 Å². The topological polar surface area (TPSA) is 69.0 Å². The van der Waals surface area contributed by atoms with E-state index in [1.165, 1.54) is 5.56 Å².